The van der Waals surface area contributed by atoms with E-state index < -0.39 is 0 Å². The molecule has 1 aliphatic heterocycles. The largest absolute Gasteiger partial charge is 0.497 e. The predicted octanol–water partition coefficient (Wildman–Crippen LogP) is 2.85. The molecule has 2 aromatic carbocycles. The molecule has 1 N–H and O–H groups in total. The van der Waals surface area contributed by atoms with Crippen molar-refractivity contribution in [3.63, 3.8) is 0 Å². The van der Waals surface area contributed by atoms with E-state index in [0.29, 0.717) is 6.04 Å². The maximum absolute atomic E-state index is 5.22. The van der Waals surface area contributed by atoms with Crippen LogP contribution in [0.1, 0.15) is 11.6 Å². The summed E-state index contributed by atoms with van der Waals surface area (Å²) in [5.41, 5.74) is 2.61. The molecule has 3 heteroatoms. The molecule has 1 fully saturated rings. The molecular formula is C17H20N2O. The van der Waals surface area contributed by atoms with Gasteiger partial charge in [0.15, 0.2) is 0 Å². The van der Waals surface area contributed by atoms with Crippen molar-refractivity contribution >= 4 is 5.69 Å². The third-order valence-corrected chi connectivity index (χ3v) is 3.81. The predicted molar refractivity (Wildman–Crippen MR) is 82.4 cm³/mol. The van der Waals surface area contributed by atoms with Crippen LogP contribution in [0.4, 0.5) is 5.69 Å². The van der Waals surface area contributed by atoms with E-state index in [1.165, 1.54) is 11.3 Å². The topological polar surface area (TPSA) is 24.5 Å². The molecule has 0 amide bonds. The van der Waals surface area contributed by atoms with Gasteiger partial charge in [-0.2, -0.15) is 0 Å². The first-order valence-corrected chi connectivity index (χ1v) is 7.04. The lowest BCUT2D eigenvalue weighted by molar-refractivity contribution is 0.414. The van der Waals surface area contributed by atoms with Gasteiger partial charge in [0.1, 0.15) is 5.75 Å². The highest BCUT2D eigenvalue weighted by atomic mass is 16.5. The van der Waals surface area contributed by atoms with Gasteiger partial charge in [-0.25, -0.2) is 0 Å². The van der Waals surface area contributed by atoms with Gasteiger partial charge in [-0.15, -0.1) is 0 Å². The van der Waals surface area contributed by atoms with E-state index in [0.717, 1.165) is 25.4 Å². The van der Waals surface area contributed by atoms with Crippen molar-refractivity contribution in [1.29, 1.82) is 0 Å². The summed E-state index contributed by atoms with van der Waals surface area (Å²) in [4.78, 5) is 2.42. The Labute approximate surface area is 120 Å². The normalized spacial score (nSPS) is 18.9. The molecule has 1 atom stereocenters. The van der Waals surface area contributed by atoms with Crippen LogP contribution in [0.2, 0.25) is 0 Å². The molecule has 0 spiro atoms. The van der Waals surface area contributed by atoms with Crippen molar-refractivity contribution in [2.24, 2.45) is 0 Å². The molecule has 1 heterocycles. The highest BCUT2D eigenvalue weighted by Gasteiger charge is 2.20. The third-order valence-electron chi connectivity index (χ3n) is 3.81. The molecule has 1 aliphatic rings. The van der Waals surface area contributed by atoms with Crippen LogP contribution in [0.3, 0.4) is 0 Å². The summed E-state index contributed by atoms with van der Waals surface area (Å²) in [6.07, 6.45) is 0. The highest BCUT2D eigenvalue weighted by Crippen LogP contribution is 2.24. The minimum atomic E-state index is 0.395. The number of ether oxygens (including phenoxy) is 1. The lowest BCUT2D eigenvalue weighted by atomic mass is 10.0. The van der Waals surface area contributed by atoms with Gasteiger partial charge in [-0.1, -0.05) is 30.3 Å². The van der Waals surface area contributed by atoms with Gasteiger partial charge in [-0.3, -0.25) is 0 Å². The van der Waals surface area contributed by atoms with Gasteiger partial charge < -0.3 is 15.0 Å². The molecule has 0 radical (unpaired) electrons. The number of nitrogens with one attached hydrogen (secondary N) is 1. The summed E-state index contributed by atoms with van der Waals surface area (Å²) in [6.45, 7) is 3.04. The molecule has 0 bridgehead atoms. The van der Waals surface area contributed by atoms with Crippen LogP contribution >= 0.6 is 0 Å². The summed E-state index contributed by atoms with van der Waals surface area (Å²) in [5.74, 6) is 0.906. The molecule has 1 saturated heterocycles. The summed E-state index contributed by atoms with van der Waals surface area (Å²) in [6, 6.07) is 19.3. The zero-order valence-corrected chi connectivity index (χ0v) is 11.8. The van der Waals surface area contributed by atoms with Gasteiger partial charge in [0.05, 0.1) is 7.11 Å². The first-order chi connectivity index (χ1) is 9.86. The van der Waals surface area contributed by atoms with Crippen LogP contribution < -0.4 is 15.0 Å². The summed E-state index contributed by atoms with van der Waals surface area (Å²) in [7, 11) is 1.70. The van der Waals surface area contributed by atoms with Crippen molar-refractivity contribution in [3.05, 3.63) is 60.2 Å². The molecule has 0 saturated carbocycles. The number of methoxy groups -OCH3 is 1. The molecule has 1 unspecified atom stereocenters. The molecule has 3 rings (SSSR count). The van der Waals surface area contributed by atoms with Crippen LogP contribution in [0.5, 0.6) is 5.75 Å². The summed E-state index contributed by atoms with van der Waals surface area (Å²) in [5, 5.41) is 3.59. The number of benzene rings is 2. The monoisotopic (exact) mass is 268 g/mol. The number of rotatable bonds is 3. The molecule has 0 aromatic heterocycles. The number of hydrogen-bond donors (Lipinski definition) is 1. The number of piperazine rings is 1. The second-order valence-electron chi connectivity index (χ2n) is 5.06. The van der Waals surface area contributed by atoms with Crippen molar-refractivity contribution in [1.82, 2.24) is 5.32 Å². The third kappa shape index (κ3) is 2.78. The summed E-state index contributed by atoms with van der Waals surface area (Å²) < 4.78 is 5.22. The molecule has 20 heavy (non-hydrogen) atoms. The van der Waals surface area contributed by atoms with E-state index in [4.69, 9.17) is 4.74 Å². The molecule has 2 aromatic rings. The summed E-state index contributed by atoms with van der Waals surface area (Å²) >= 11 is 0. The fourth-order valence-electron chi connectivity index (χ4n) is 2.69. The smallest absolute Gasteiger partial charge is 0.119 e. The van der Waals surface area contributed by atoms with Crippen LogP contribution in [-0.4, -0.2) is 26.7 Å². The SMILES string of the molecule is COc1ccc(N2CCNC(c3ccccc3)C2)cc1. The van der Waals surface area contributed by atoms with Gasteiger partial charge in [0, 0.05) is 31.4 Å². The van der Waals surface area contributed by atoms with E-state index in [-0.39, 0.29) is 0 Å². The average Bonchev–Trinajstić information content (AvgIpc) is 2.56. The van der Waals surface area contributed by atoms with Crippen LogP contribution in [0, 0.1) is 0 Å². The first kappa shape index (κ1) is 13.0. The van der Waals surface area contributed by atoms with Crippen molar-refractivity contribution in [2.45, 2.75) is 6.04 Å². The van der Waals surface area contributed by atoms with Crippen LogP contribution in [0.25, 0.3) is 0 Å². The maximum atomic E-state index is 5.22. The molecule has 3 nitrogen and oxygen atoms in total. The molecule has 104 valence electrons. The lowest BCUT2D eigenvalue weighted by Crippen LogP contribution is -2.45. The minimum Gasteiger partial charge on any atom is -0.497 e. The van der Waals surface area contributed by atoms with Crippen molar-refractivity contribution < 1.29 is 4.74 Å². The Hall–Kier alpha value is -2.00. The maximum Gasteiger partial charge on any atom is 0.119 e. The Bertz CT molecular complexity index is 539. The van der Waals surface area contributed by atoms with Crippen molar-refractivity contribution in [3.8, 4) is 5.75 Å². The Balaban J connectivity index is 1.74. The molecular weight excluding hydrogens is 248 g/mol. The fraction of sp³-hybridized carbons (Fsp3) is 0.294. The van der Waals surface area contributed by atoms with Gasteiger partial charge in [0.2, 0.25) is 0 Å². The quantitative estimate of drug-likeness (QED) is 0.926. The lowest BCUT2D eigenvalue weighted by Gasteiger charge is -2.35. The Morgan fingerprint density at radius 2 is 1.80 bits per heavy atom. The Kier molecular flexibility index (Phi) is 3.88. The standard InChI is InChI=1S/C17H20N2O/c1-20-16-9-7-15(8-10-16)19-12-11-18-17(13-19)14-5-3-2-4-6-14/h2-10,17-18H,11-13H2,1H3. The Morgan fingerprint density at radius 1 is 1.05 bits per heavy atom. The van der Waals surface area contributed by atoms with E-state index in [2.05, 4.69) is 52.7 Å². The van der Waals surface area contributed by atoms with Gasteiger partial charge in [-0.05, 0) is 29.8 Å². The van der Waals surface area contributed by atoms with Crippen molar-refractivity contribution in [2.75, 3.05) is 31.6 Å². The highest BCUT2D eigenvalue weighted by molar-refractivity contribution is 5.50. The van der Waals surface area contributed by atoms with E-state index in [1.807, 2.05) is 12.1 Å². The Morgan fingerprint density at radius 3 is 2.50 bits per heavy atom. The van der Waals surface area contributed by atoms with E-state index in [9.17, 15) is 0 Å². The van der Waals surface area contributed by atoms with Gasteiger partial charge >= 0.3 is 0 Å². The number of anilines is 1. The zero-order chi connectivity index (χ0) is 13.8. The fourth-order valence-corrected chi connectivity index (χ4v) is 2.69. The van der Waals surface area contributed by atoms with E-state index in [1.54, 1.807) is 7.11 Å². The van der Waals surface area contributed by atoms with Crippen LogP contribution in [0.15, 0.2) is 54.6 Å². The first-order valence-electron chi connectivity index (χ1n) is 7.04. The van der Waals surface area contributed by atoms with Gasteiger partial charge in [0.25, 0.3) is 0 Å². The van der Waals surface area contributed by atoms with E-state index >= 15 is 0 Å². The zero-order valence-electron chi connectivity index (χ0n) is 11.8. The number of nitrogens with zero attached hydrogens (tertiary/aromatic N) is 1. The average molecular weight is 268 g/mol. The second-order valence-corrected chi connectivity index (χ2v) is 5.06. The van der Waals surface area contributed by atoms with Crippen LogP contribution in [-0.2, 0) is 0 Å². The minimum absolute atomic E-state index is 0.395. The molecule has 0 aliphatic carbocycles. The second kappa shape index (κ2) is 5.97. The number of hydrogen-bond acceptors (Lipinski definition) is 3.